The number of pyridine rings is 1. The monoisotopic (exact) mass is 323 g/mol. The topological polar surface area (TPSA) is 50.9 Å². The van der Waals surface area contributed by atoms with Crippen molar-refractivity contribution >= 4 is 38.3 Å². The van der Waals surface area contributed by atoms with E-state index in [1.54, 1.807) is 0 Å². The molecule has 1 aromatic carbocycles. The van der Waals surface area contributed by atoms with E-state index in [4.69, 9.17) is 5.73 Å². The number of anilines is 2. The van der Waals surface area contributed by atoms with Crippen LogP contribution in [0.2, 0.25) is 0 Å². The summed E-state index contributed by atoms with van der Waals surface area (Å²) in [5.41, 5.74) is 6.86. The van der Waals surface area contributed by atoms with E-state index in [1.807, 2.05) is 18.2 Å². The zero-order chi connectivity index (χ0) is 13.4. The second-order valence-electron chi connectivity index (χ2n) is 4.97. The third kappa shape index (κ3) is 2.39. The van der Waals surface area contributed by atoms with Crippen LogP contribution < -0.4 is 11.1 Å². The maximum atomic E-state index is 14.2. The van der Waals surface area contributed by atoms with Crippen molar-refractivity contribution in [2.24, 2.45) is 0 Å². The van der Waals surface area contributed by atoms with Crippen LogP contribution in [-0.4, -0.2) is 11.0 Å². The van der Waals surface area contributed by atoms with Gasteiger partial charge >= 0.3 is 0 Å². The molecule has 100 valence electrons. The van der Waals surface area contributed by atoms with Gasteiger partial charge in [-0.1, -0.05) is 28.8 Å². The number of nitrogens with one attached hydrogen (secondary N) is 1. The average Bonchev–Trinajstić information content (AvgIpc) is 2.87. The molecule has 1 saturated carbocycles. The molecule has 1 fully saturated rings. The normalized spacial score (nSPS) is 16.1. The lowest BCUT2D eigenvalue weighted by molar-refractivity contribution is 0.626. The Morgan fingerprint density at radius 1 is 1.32 bits per heavy atom. The number of hydrogen-bond donors (Lipinski definition) is 2. The van der Waals surface area contributed by atoms with E-state index >= 15 is 0 Å². The van der Waals surface area contributed by atoms with Crippen molar-refractivity contribution in [3.63, 3.8) is 0 Å². The van der Waals surface area contributed by atoms with Crippen molar-refractivity contribution in [2.45, 2.75) is 31.7 Å². The van der Waals surface area contributed by atoms with Gasteiger partial charge in [-0.3, -0.25) is 0 Å². The molecule has 0 unspecified atom stereocenters. The van der Waals surface area contributed by atoms with Crippen molar-refractivity contribution in [3.8, 4) is 0 Å². The van der Waals surface area contributed by atoms with Crippen LogP contribution in [0.5, 0.6) is 0 Å². The van der Waals surface area contributed by atoms with Crippen LogP contribution in [0.25, 0.3) is 10.9 Å². The summed E-state index contributed by atoms with van der Waals surface area (Å²) in [5, 5.41) is 4.08. The molecule has 0 amide bonds. The molecule has 3 rings (SSSR count). The predicted molar refractivity (Wildman–Crippen MR) is 79.7 cm³/mol. The quantitative estimate of drug-likeness (QED) is 0.875. The second kappa shape index (κ2) is 4.96. The molecule has 1 heterocycles. The standard InChI is InChI=1S/C14H15BrFN3/c15-8-5-6-10-11(7-8)19-14(17)12(16)13(10)18-9-3-1-2-4-9/h5-7,9H,1-4H2,(H3,17,18,19). The number of fused-ring (bicyclic) bond motifs is 1. The minimum absolute atomic E-state index is 0.0499. The molecule has 3 nitrogen and oxygen atoms in total. The van der Waals surface area contributed by atoms with Gasteiger partial charge in [-0.15, -0.1) is 0 Å². The summed E-state index contributed by atoms with van der Waals surface area (Å²) < 4.78 is 15.1. The predicted octanol–water partition coefficient (Wildman–Crippen LogP) is 4.07. The maximum Gasteiger partial charge on any atom is 0.188 e. The average molecular weight is 324 g/mol. The van der Waals surface area contributed by atoms with Crippen LogP contribution >= 0.6 is 15.9 Å². The number of nitrogens with zero attached hydrogens (tertiary/aromatic N) is 1. The summed E-state index contributed by atoms with van der Waals surface area (Å²) in [6, 6.07) is 5.94. The fourth-order valence-corrected chi connectivity index (χ4v) is 3.00. The molecule has 1 aliphatic rings. The highest BCUT2D eigenvalue weighted by atomic mass is 79.9. The second-order valence-corrected chi connectivity index (χ2v) is 5.89. The summed E-state index contributed by atoms with van der Waals surface area (Å²) in [6.07, 6.45) is 4.56. The van der Waals surface area contributed by atoms with E-state index in [9.17, 15) is 4.39 Å². The molecule has 0 aliphatic heterocycles. The number of halogens is 2. The molecule has 0 saturated heterocycles. The molecule has 0 spiro atoms. The van der Waals surface area contributed by atoms with Crippen molar-refractivity contribution in [1.82, 2.24) is 4.98 Å². The number of hydrogen-bond acceptors (Lipinski definition) is 3. The van der Waals surface area contributed by atoms with Crippen molar-refractivity contribution in [1.29, 1.82) is 0 Å². The van der Waals surface area contributed by atoms with Gasteiger partial charge in [0.15, 0.2) is 11.6 Å². The van der Waals surface area contributed by atoms with Crippen molar-refractivity contribution in [3.05, 3.63) is 28.5 Å². The Morgan fingerprint density at radius 2 is 2.05 bits per heavy atom. The minimum Gasteiger partial charge on any atom is -0.381 e. The van der Waals surface area contributed by atoms with Gasteiger partial charge < -0.3 is 11.1 Å². The van der Waals surface area contributed by atoms with E-state index in [0.717, 1.165) is 22.7 Å². The van der Waals surface area contributed by atoms with Gasteiger partial charge in [0.05, 0.1) is 11.2 Å². The summed E-state index contributed by atoms with van der Waals surface area (Å²) in [4.78, 5) is 4.10. The van der Waals surface area contributed by atoms with Gasteiger partial charge in [-0.2, -0.15) is 0 Å². The van der Waals surface area contributed by atoms with Crippen LogP contribution in [-0.2, 0) is 0 Å². The van der Waals surface area contributed by atoms with Gasteiger partial charge in [0.1, 0.15) is 0 Å². The van der Waals surface area contributed by atoms with Crippen molar-refractivity contribution in [2.75, 3.05) is 11.1 Å². The lowest BCUT2D eigenvalue weighted by Gasteiger charge is -2.17. The van der Waals surface area contributed by atoms with Crippen LogP contribution in [0.15, 0.2) is 22.7 Å². The number of nitrogen functional groups attached to an aromatic ring is 1. The van der Waals surface area contributed by atoms with Gasteiger partial charge in [0.25, 0.3) is 0 Å². The van der Waals surface area contributed by atoms with Gasteiger partial charge in [-0.05, 0) is 31.0 Å². The Morgan fingerprint density at radius 3 is 2.79 bits per heavy atom. The van der Waals surface area contributed by atoms with Gasteiger partial charge in [0.2, 0.25) is 0 Å². The Hall–Kier alpha value is -1.36. The Balaban J connectivity index is 2.11. The zero-order valence-corrected chi connectivity index (χ0v) is 12.0. The summed E-state index contributed by atoms with van der Waals surface area (Å²) >= 11 is 3.39. The van der Waals surface area contributed by atoms with E-state index in [0.29, 0.717) is 17.2 Å². The first kappa shape index (κ1) is 12.7. The molecule has 0 radical (unpaired) electrons. The number of rotatable bonds is 2. The molecule has 3 N–H and O–H groups in total. The highest BCUT2D eigenvalue weighted by Crippen LogP contribution is 2.32. The Kier molecular flexibility index (Phi) is 3.31. The Labute approximate surface area is 119 Å². The van der Waals surface area contributed by atoms with Crippen LogP contribution in [0, 0.1) is 5.82 Å². The highest BCUT2D eigenvalue weighted by Gasteiger charge is 2.19. The first-order chi connectivity index (χ1) is 9.15. The smallest absolute Gasteiger partial charge is 0.188 e. The molecular weight excluding hydrogens is 309 g/mol. The van der Waals surface area contributed by atoms with Crippen LogP contribution in [0.4, 0.5) is 15.9 Å². The van der Waals surface area contributed by atoms with E-state index < -0.39 is 5.82 Å². The SMILES string of the molecule is Nc1nc2cc(Br)ccc2c(NC2CCCC2)c1F. The van der Waals surface area contributed by atoms with Crippen molar-refractivity contribution < 1.29 is 4.39 Å². The lowest BCUT2D eigenvalue weighted by atomic mass is 10.1. The first-order valence-corrected chi connectivity index (χ1v) is 7.25. The molecule has 0 bridgehead atoms. The lowest BCUT2D eigenvalue weighted by Crippen LogP contribution is -2.16. The molecule has 5 heteroatoms. The first-order valence-electron chi connectivity index (χ1n) is 6.46. The van der Waals surface area contributed by atoms with E-state index in [-0.39, 0.29) is 5.82 Å². The largest absolute Gasteiger partial charge is 0.381 e. The third-order valence-corrected chi connectivity index (χ3v) is 4.11. The summed E-state index contributed by atoms with van der Waals surface area (Å²) in [5.74, 6) is -0.493. The van der Waals surface area contributed by atoms with Gasteiger partial charge in [-0.25, -0.2) is 9.37 Å². The zero-order valence-electron chi connectivity index (χ0n) is 10.4. The van der Waals surface area contributed by atoms with Gasteiger partial charge in [0, 0.05) is 15.9 Å². The molecule has 1 aliphatic carbocycles. The van der Waals surface area contributed by atoms with Crippen LogP contribution in [0.3, 0.4) is 0 Å². The highest BCUT2D eigenvalue weighted by molar-refractivity contribution is 9.10. The molecule has 19 heavy (non-hydrogen) atoms. The molecule has 0 atom stereocenters. The van der Waals surface area contributed by atoms with E-state index in [1.165, 1.54) is 12.8 Å². The molecule has 1 aromatic heterocycles. The van der Waals surface area contributed by atoms with E-state index in [2.05, 4.69) is 26.2 Å². The summed E-state index contributed by atoms with van der Waals surface area (Å²) in [7, 11) is 0. The van der Waals surface area contributed by atoms with Crippen LogP contribution in [0.1, 0.15) is 25.7 Å². The fraction of sp³-hybridized carbons (Fsp3) is 0.357. The minimum atomic E-state index is -0.443. The Bertz CT molecular complexity index is 624. The summed E-state index contributed by atoms with van der Waals surface area (Å²) in [6.45, 7) is 0. The fourth-order valence-electron chi connectivity index (χ4n) is 2.65. The third-order valence-electron chi connectivity index (χ3n) is 3.62. The number of benzene rings is 1. The molecule has 2 aromatic rings. The number of nitrogens with two attached hydrogens (primary N) is 1. The maximum absolute atomic E-state index is 14.2. The number of aromatic nitrogens is 1. The molecular formula is C14H15BrFN3.